The van der Waals surface area contributed by atoms with E-state index < -0.39 is 32.3 Å². The average molecular weight is 324 g/mol. The number of nitrogens with one attached hydrogen (secondary N) is 2. The van der Waals surface area contributed by atoms with Gasteiger partial charge in [0.2, 0.25) is 15.4 Å². The summed E-state index contributed by atoms with van der Waals surface area (Å²) in [6.07, 6.45) is 0. The maximum atomic E-state index is 11.9. The van der Waals surface area contributed by atoms with E-state index in [0.717, 1.165) is 0 Å². The number of carbonyl (C=O) groups is 2. The fourth-order valence-electron chi connectivity index (χ4n) is 1.08. The molecule has 0 aliphatic rings. The van der Waals surface area contributed by atoms with Crippen LogP contribution in [0.1, 0.15) is 6.92 Å². The lowest BCUT2D eigenvalue weighted by molar-refractivity contribution is -0.140. The van der Waals surface area contributed by atoms with Crippen LogP contribution in [0.3, 0.4) is 0 Å². The highest BCUT2D eigenvalue weighted by Gasteiger charge is 2.28. The van der Waals surface area contributed by atoms with Crippen molar-refractivity contribution in [1.29, 1.82) is 0 Å². The molecule has 112 valence electrons. The monoisotopic (exact) mass is 324 g/mol. The zero-order valence-corrected chi connectivity index (χ0v) is 12.1. The molecular weight excluding hydrogens is 312 g/mol. The molecule has 0 saturated heterocycles. The molecule has 0 radical (unpaired) electrons. The molecule has 1 unspecified atom stereocenters. The second-order valence-corrected chi connectivity index (χ2v) is 6.39. The quantitative estimate of drug-likeness (QED) is 0.534. The van der Waals surface area contributed by atoms with Crippen LogP contribution in [0.2, 0.25) is 0 Å². The van der Waals surface area contributed by atoms with Crippen LogP contribution in [0.5, 0.6) is 0 Å². The first-order chi connectivity index (χ1) is 9.26. The molecule has 0 aliphatic carbocycles. The number of amides is 1. The standard InChI is InChI=1S/C8H12N4O6S2/c1-4(13)9-7-10-11-8(19-7)20(16,17)12-5(3-18-2)6(14)15/h5,12H,3H2,1-2H3,(H,14,15)(H,9,10,13). The van der Waals surface area contributed by atoms with Crippen molar-refractivity contribution in [3.05, 3.63) is 0 Å². The second kappa shape index (κ2) is 6.69. The number of rotatable bonds is 7. The lowest BCUT2D eigenvalue weighted by atomic mass is 10.3. The summed E-state index contributed by atoms with van der Waals surface area (Å²) in [7, 11) is -2.92. The molecule has 1 amide bonds. The van der Waals surface area contributed by atoms with Crippen LogP contribution in [-0.4, -0.2) is 55.4 Å². The van der Waals surface area contributed by atoms with Gasteiger partial charge in [0, 0.05) is 14.0 Å². The Balaban J connectivity index is 2.90. The van der Waals surface area contributed by atoms with E-state index in [9.17, 15) is 18.0 Å². The van der Waals surface area contributed by atoms with Crippen molar-refractivity contribution in [1.82, 2.24) is 14.9 Å². The lowest BCUT2D eigenvalue weighted by Crippen LogP contribution is -2.43. The van der Waals surface area contributed by atoms with E-state index >= 15 is 0 Å². The second-order valence-electron chi connectivity index (χ2n) is 3.52. The Bertz CT molecular complexity index is 598. The largest absolute Gasteiger partial charge is 0.480 e. The van der Waals surface area contributed by atoms with E-state index in [4.69, 9.17) is 5.11 Å². The normalized spacial score (nSPS) is 12.9. The van der Waals surface area contributed by atoms with Gasteiger partial charge < -0.3 is 15.2 Å². The molecule has 3 N–H and O–H groups in total. The molecule has 1 heterocycles. The number of nitrogens with zero attached hydrogens (tertiary/aromatic N) is 2. The first kappa shape index (κ1) is 16.4. The molecule has 1 aromatic heterocycles. The minimum Gasteiger partial charge on any atom is -0.480 e. The molecule has 20 heavy (non-hydrogen) atoms. The SMILES string of the molecule is COCC(NS(=O)(=O)c1nnc(NC(C)=O)s1)C(=O)O. The number of aromatic nitrogens is 2. The number of carbonyl (C=O) groups excluding carboxylic acids is 1. The van der Waals surface area contributed by atoms with Crippen LogP contribution in [0.4, 0.5) is 5.13 Å². The summed E-state index contributed by atoms with van der Waals surface area (Å²) in [5.41, 5.74) is 0. The fraction of sp³-hybridized carbons (Fsp3) is 0.500. The van der Waals surface area contributed by atoms with Crippen LogP contribution < -0.4 is 10.0 Å². The van der Waals surface area contributed by atoms with Gasteiger partial charge in [0.15, 0.2) is 0 Å². The van der Waals surface area contributed by atoms with E-state index in [0.29, 0.717) is 11.3 Å². The zero-order valence-electron chi connectivity index (χ0n) is 10.5. The van der Waals surface area contributed by atoms with Crippen LogP contribution in [0, 0.1) is 0 Å². The van der Waals surface area contributed by atoms with E-state index in [-0.39, 0.29) is 11.7 Å². The van der Waals surface area contributed by atoms with Gasteiger partial charge in [-0.05, 0) is 0 Å². The fourth-order valence-corrected chi connectivity index (χ4v) is 3.22. The number of anilines is 1. The molecular formula is C8H12N4O6S2. The predicted molar refractivity (Wildman–Crippen MR) is 67.8 cm³/mol. The molecule has 12 heteroatoms. The maximum Gasteiger partial charge on any atom is 0.324 e. The number of sulfonamides is 1. The van der Waals surface area contributed by atoms with Crippen molar-refractivity contribution in [2.75, 3.05) is 19.0 Å². The minimum atomic E-state index is -4.16. The molecule has 0 aliphatic heterocycles. The number of hydrogen-bond donors (Lipinski definition) is 3. The Morgan fingerprint density at radius 3 is 2.60 bits per heavy atom. The minimum absolute atomic E-state index is 0.00325. The maximum absolute atomic E-state index is 11.9. The van der Waals surface area contributed by atoms with Crippen molar-refractivity contribution >= 4 is 38.4 Å². The van der Waals surface area contributed by atoms with Gasteiger partial charge in [-0.2, -0.15) is 4.72 Å². The summed E-state index contributed by atoms with van der Waals surface area (Å²) in [6, 6.07) is -1.45. The van der Waals surface area contributed by atoms with Crippen molar-refractivity contribution in [2.24, 2.45) is 0 Å². The Kier molecular flexibility index (Phi) is 5.50. The molecule has 0 aromatic carbocycles. The number of aliphatic carboxylic acids is 1. The van der Waals surface area contributed by atoms with Crippen LogP contribution in [-0.2, 0) is 24.3 Å². The van der Waals surface area contributed by atoms with Gasteiger partial charge in [-0.1, -0.05) is 11.3 Å². The summed E-state index contributed by atoms with van der Waals surface area (Å²) in [6.45, 7) is 0.888. The van der Waals surface area contributed by atoms with Crippen LogP contribution in [0.15, 0.2) is 4.34 Å². The summed E-state index contributed by atoms with van der Waals surface area (Å²) < 4.78 is 29.8. The van der Waals surface area contributed by atoms with Crippen molar-refractivity contribution in [3.8, 4) is 0 Å². The third kappa shape index (κ3) is 4.48. The van der Waals surface area contributed by atoms with Gasteiger partial charge in [-0.15, -0.1) is 10.2 Å². The summed E-state index contributed by atoms with van der Waals surface area (Å²) in [5.74, 6) is -1.82. The summed E-state index contributed by atoms with van der Waals surface area (Å²) >= 11 is 0.602. The van der Waals surface area contributed by atoms with Gasteiger partial charge >= 0.3 is 5.97 Å². The molecule has 0 saturated carbocycles. The van der Waals surface area contributed by atoms with Gasteiger partial charge in [0.25, 0.3) is 10.0 Å². The molecule has 0 fully saturated rings. The molecule has 1 rings (SSSR count). The Labute approximate surface area is 118 Å². The van der Waals surface area contributed by atoms with E-state index in [2.05, 4.69) is 20.3 Å². The average Bonchev–Trinajstić information content (AvgIpc) is 2.76. The van der Waals surface area contributed by atoms with Crippen LogP contribution in [0.25, 0.3) is 0 Å². The summed E-state index contributed by atoms with van der Waals surface area (Å²) in [4.78, 5) is 21.6. The van der Waals surface area contributed by atoms with Gasteiger partial charge in [-0.3, -0.25) is 9.59 Å². The van der Waals surface area contributed by atoms with Gasteiger partial charge in [-0.25, -0.2) is 8.42 Å². The molecule has 0 bridgehead atoms. The van der Waals surface area contributed by atoms with Crippen molar-refractivity contribution < 1.29 is 27.9 Å². The van der Waals surface area contributed by atoms with E-state index in [1.54, 1.807) is 0 Å². The molecule has 10 nitrogen and oxygen atoms in total. The number of ether oxygens (including phenoxy) is 1. The zero-order chi connectivity index (χ0) is 15.3. The highest BCUT2D eigenvalue weighted by Crippen LogP contribution is 2.19. The summed E-state index contributed by atoms with van der Waals surface area (Å²) in [5, 5.41) is 18.0. The first-order valence-corrected chi connectivity index (χ1v) is 7.41. The molecule has 1 atom stereocenters. The van der Waals surface area contributed by atoms with Crippen molar-refractivity contribution in [3.63, 3.8) is 0 Å². The molecule has 1 aromatic rings. The highest BCUT2D eigenvalue weighted by atomic mass is 32.2. The van der Waals surface area contributed by atoms with E-state index in [1.165, 1.54) is 14.0 Å². The number of hydrogen-bond acceptors (Lipinski definition) is 8. The van der Waals surface area contributed by atoms with Gasteiger partial charge in [0.05, 0.1) is 6.61 Å². The Morgan fingerprint density at radius 2 is 2.10 bits per heavy atom. The Hall–Kier alpha value is -1.63. The Morgan fingerprint density at radius 1 is 1.45 bits per heavy atom. The smallest absolute Gasteiger partial charge is 0.324 e. The van der Waals surface area contributed by atoms with E-state index in [1.807, 2.05) is 4.72 Å². The first-order valence-electron chi connectivity index (χ1n) is 5.11. The predicted octanol–water partition coefficient (Wildman–Crippen LogP) is -1.13. The van der Waals surface area contributed by atoms with Crippen molar-refractivity contribution in [2.45, 2.75) is 17.3 Å². The third-order valence-electron chi connectivity index (χ3n) is 1.85. The number of methoxy groups -OCH3 is 1. The van der Waals surface area contributed by atoms with Gasteiger partial charge in [0.1, 0.15) is 6.04 Å². The lowest BCUT2D eigenvalue weighted by Gasteiger charge is -2.11. The topological polar surface area (TPSA) is 148 Å². The third-order valence-corrected chi connectivity index (χ3v) is 4.53. The highest BCUT2D eigenvalue weighted by molar-refractivity contribution is 7.91. The van der Waals surface area contributed by atoms with Crippen LogP contribution >= 0.6 is 11.3 Å². The number of carboxylic acid groups (broad SMARTS) is 1. The molecule has 0 spiro atoms. The number of carboxylic acids is 1.